The van der Waals surface area contributed by atoms with Crippen LogP contribution in [0.25, 0.3) is 0 Å². The predicted molar refractivity (Wildman–Crippen MR) is 77.7 cm³/mol. The van der Waals surface area contributed by atoms with E-state index in [1.807, 2.05) is 12.1 Å². The Kier molecular flexibility index (Phi) is 3.92. The maximum absolute atomic E-state index is 12.6. The van der Waals surface area contributed by atoms with Gasteiger partial charge in [0.2, 0.25) is 5.91 Å². The Morgan fingerprint density at radius 2 is 2.25 bits per heavy atom. The molecule has 1 aromatic rings. The lowest BCUT2D eigenvalue weighted by Crippen LogP contribution is -2.43. The number of ether oxygens (including phenoxy) is 1. The van der Waals surface area contributed by atoms with E-state index in [0.717, 1.165) is 44.5 Å². The highest BCUT2D eigenvalue weighted by atomic mass is 16.5. The number of nitrogens with one attached hydrogen (secondary N) is 1. The number of likely N-dealkylation sites (tertiary alicyclic amines) is 1. The summed E-state index contributed by atoms with van der Waals surface area (Å²) in [4.78, 5) is 14.7. The predicted octanol–water partition coefficient (Wildman–Crippen LogP) is 2.11. The van der Waals surface area contributed by atoms with Crippen LogP contribution < -0.4 is 10.1 Å². The minimum absolute atomic E-state index is 0.0289. The number of amides is 1. The van der Waals surface area contributed by atoms with Crippen LogP contribution in [0.1, 0.15) is 37.3 Å². The number of benzene rings is 1. The Morgan fingerprint density at radius 3 is 3.00 bits per heavy atom. The van der Waals surface area contributed by atoms with Crippen LogP contribution in [0.2, 0.25) is 0 Å². The van der Waals surface area contributed by atoms with Gasteiger partial charge in [-0.25, -0.2) is 0 Å². The molecule has 1 amide bonds. The summed E-state index contributed by atoms with van der Waals surface area (Å²) in [7, 11) is 1.68. The van der Waals surface area contributed by atoms with E-state index in [9.17, 15) is 4.79 Å². The molecule has 2 fully saturated rings. The first-order chi connectivity index (χ1) is 9.79. The summed E-state index contributed by atoms with van der Waals surface area (Å²) in [5, 5.41) is 3.31. The van der Waals surface area contributed by atoms with Gasteiger partial charge in [-0.05, 0) is 49.9 Å². The molecular formula is C16H22N2O2. The number of hydrogen-bond acceptors (Lipinski definition) is 3. The molecule has 4 nitrogen and oxygen atoms in total. The van der Waals surface area contributed by atoms with Crippen molar-refractivity contribution in [2.75, 3.05) is 20.2 Å². The van der Waals surface area contributed by atoms with Crippen LogP contribution in [0, 0.1) is 0 Å². The van der Waals surface area contributed by atoms with E-state index in [0.29, 0.717) is 0 Å². The second kappa shape index (κ2) is 5.83. The van der Waals surface area contributed by atoms with E-state index >= 15 is 0 Å². The average molecular weight is 274 g/mol. The largest absolute Gasteiger partial charge is 0.497 e. The SMILES string of the molecule is COc1cccc(C2CCCN2C(=O)[C@H]2CCCN2)c1. The quantitative estimate of drug-likeness (QED) is 0.918. The van der Waals surface area contributed by atoms with Gasteiger partial charge in [-0.15, -0.1) is 0 Å². The summed E-state index contributed by atoms with van der Waals surface area (Å²) >= 11 is 0. The smallest absolute Gasteiger partial charge is 0.240 e. The van der Waals surface area contributed by atoms with Gasteiger partial charge in [0, 0.05) is 6.54 Å². The standard InChI is InChI=1S/C16H22N2O2/c1-20-13-6-2-5-12(11-13)15-8-4-10-18(15)16(19)14-7-3-9-17-14/h2,5-6,11,14-15,17H,3-4,7-10H2,1H3/t14-,15?/m1/s1. The third-order valence-corrected chi connectivity index (χ3v) is 4.37. The molecule has 2 aliphatic rings. The number of carbonyl (C=O) groups excluding carboxylic acids is 1. The van der Waals surface area contributed by atoms with E-state index in [1.54, 1.807) is 7.11 Å². The van der Waals surface area contributed by atoms with Crippen molar-refractivity contribution < 1.29 is 9.53 Å². The van der Waals surface area contributed by atoms with Gasteiger partial charge in [-0.3, -0.25) is 4.79 Å². The van der Waals surface area contributed by atoms with Crippen molar-refractivity contribution in [1.82, 2.24) is 10.2 Å². The molecule has 2 heterocycles. The number of rotatable bonds is 3. The molecule has 0 radical (unpaired) electrons. The van der Waals surface area contributed by atoms with Gasteiger partial charge in [0.25, 0.3) is 0 Å². The number of methoxy groups -OCH3 is 1. The maximum atomic E-state index is 12.6. The second-order valence-electron chi connectivity index (χ2n) is 5.62. The topological polar surface area (TPSA) is 41.6 Å². The van der Waals surface area contributed by atoms with Crippen molar-refractivity contribution in [2.24, 2.45) is 0 Å². The molecule has 2 aliphatic heterocycles. The molecule has 0 bridgehead atoms. The van der Waals surface area contributed by atoms with Gasteiger partial charge in [-0.2, -0.15) is 0 Å². The molecular weight excluding hydrogens is 252 g/mol. The van der Waals surface area contributed by atoms with Crippen LogP contribution in [0.15, 0.2) is 24.3 Å². The minimum atomic E-state index is 0.0289. The van der Waals surface area contributed by atoms with E-state index in [4.69, 9.17) is 4.74 Å². The van der Waals surface area contributed by atoms with Gasteiger partial charge in [0.05, 0.1) is 19.2 Å². The number of carbonyl (C=O) groups is 1. The first-order valence-electron chi connectivity index (χ1n) is 7.47. The molecule has 0 aromatic heterocycles. The highest BCUT2D eigenvalue weighted by Crippen LogP contribution is 2.34. The zero-order chi connectivity index (χ0) is 13.9. The molecule has 4 heteroatoms. The van der Waals surface area contributed by atoms with Crippen molar-refractivity contribution in [3.63, 3.8) is 0 Å². The molecule has 0 saturated carbocycles. The van der Waals surface area contributed by atoms with E-state index in [2.05, 4.69) is 22.3 Å². The summed E-state index contributed by atoms with van der Waals surface area (Å²) in [6.45, 7) is 1.84. The summed E-state index contributed by atoms with van der Waals surface area (Å²) in [6, 6.07) is 8.34. The van der Waals surface area contributed by atoms with Crippen molar-refractivity contribution >= 4 is 5.91 Å². The fourth-order valence-electron chi connectivity index (χ4n) is 3.32. The molecule has 2 saturated heterocycles. The van der Waals surface area contributed by atoms with E-state index < -0.39 is 0 Å². The summed E-state index contributed by atoms with van der Waals surface area (Å²) in [5.41, 5.74) is 1.19. The first kappa shape index (κ1) is 13.4. The number of nitrogens with zero attached hydrogens (tertiary/aromatic N) is 1. The number of hydrogen-bond donors (Lipinski definition) is 1. The molecule has 1 N–H and O–H groups in total. The Labute approximate surface area is 120 Å². The summed E-state index contributed by atoms with van der Waals surface area (Å²) in [6.07, 6.45) is 4.21. The monoisotopic (exact) mass is 274 g/mol. The van der Waals surface area contributed by atoms with Gasteiger partial charge >= 0.3 is 0 Å². The van der Waals surface area contributed by atoms with Gasteiger partial charge in [0.15, 0.2) is 0 Å². The lowest BCUT2D eigenvalue weighted by molar-refractivity contribution is -0.134. The third-order valence-electron chi connectivity index (χ3n) is 4.37. The van der Waals surface area contributed by atoms with Crippen LogP contribution in [0.5, 0.6) is 5.75 Å². The Hall–Kier alpha value is -1.55. The van der Waals surface area contributed by atoms with E-state index in [1.165, 1.54) is 5.56 Å². The van der Waals surface area contributed by atoms with Gasteiger partial charge < -0.3 is 15.0 Å². The second-order valence-corrected chi connectivity index (χ2v) is 5.62. The molecule has 2 atom stereocenters. The summed E-state index contributed by atoms with van der Waals surface area (Å²) in [5.74, 6) is 1.13. The molecule has 0 spiro atoms. The lowest BCUT2D eigenvalue weighted by atomic mass is 10.0. The molecule has 0 aliphatic carbocycles. The average Bonchev–Trinajstić information content (AvgIpc) is 3.17. The lowest BCUT2D eigenvalue weighted by Gasteiger charge is -2.28. The van der Waals surface area contributed by atoms with Gasteiger partial charge in [-0.1, -0.05) is 12.1 Å². The van der Waals surface area contributed by atoms with Crippen LogP contribution in [0.3, 0.4) is 0 Å². The van der Waals surface area contributed by atoms with Crippen molar-refractivity contribution in [2.45, 2.75) is 37.8 Å². The normalized spacial score (nSPS) is 25.9. The maximum Gasteiger partial charge on any atom is 0.240 e. The van der Waals surface area contributed by atoms with Crippen molar-refractivity contribution in [1.29, 1.82) is 0 Å². The van der Waals surface area contributed by atoms with Crippen molar-refractivity contribution in [3.05, 3.63) is 29.8 Å². The fraction of sp³-hybridized carbons (Fsp3) is 0.562. The first-order valence-corrected chi connectivity index (χ1v) is 7.47. The Bertz CT molecular complexity index is 483. The summed E-state index contributed by atoms with van der Waals surface area (Å²) < 4.78 is 5.29. The highest BCUT2D eigenvalue weighted by Gasteiger charge is 2.34. The van der Waals surface area contributed by atoms with Crippen LogP contribution >= 0.6 is 0 Å². The van der Waals surface area contributed by atoms with Crippen LogP contribution in [-0.4, -0.2) is 37.0 Å². The fourth-order valence-corrected chi connectivity index (χ4v) is 3.32. The zero-order valence-corrected chi connectivity index (χ0v) is 12.0. The minimum Gasteiger partial charge on any atom is -0.497 e. The zero-order valence-electron chi connectivity index (χ0n) is 12.0. The molecule has 3 rings (SSSR count). The van der Waals surface area contributed by atoms with Crippen molar-refractivity contribution in [3.8, 4) is 5.75 Å². The molecule has 1 aromatic carbocycles. The molecule has 1 unspecified atom stereocenters. The Balaban J connectivity index is 1.79. The van der Waals surface area contributed by atoms with Crippen LogP contribution in [0.4, 0.5) is 0 Å². The van der Waals surface area contributed by atoms with Crippen LogP contribution in [-0.2, 0) is 4.79 Å². The van der Waals surface area contributed by atoms with Gasteiger partial charge in [0.1, 0.15) is 5.75 Å². The highest BCUT2D eigenvalue weighted by molar-refractivity contribution is 5.83. The molecule has 20 heavy (non-hydrogen) atoms. The van der Waals surface area contributed by atoms with E-state index in [-0.39, 0.29) is 18.0 Å². The molecule has 108 valence electrons. The Morgan fingerprint density at radius 1 is 1.35 bits per heavy atom. The third kappa shape index (κ3) is 2.52.